The molecule has 0 spiro atoms. The minimum Gasteiger partial charge on any atom is -0.351 e. The molecule has 0 unspecified atom stereocenters. The predicted molar refractivity (Wildman–Crippen MR) is 56.7 cm³/mol. The van der Waals surface area contributed by atoms with Gasteiger partial charge in [0.05, 0.1) is 0 Å². The number of ketones is 1. The molecule has 80 valence electrons. The largest absolute Gasteiger partial charge is 0.351 e. The smallest absolute Gasteiger partial charge is 0.209 e. The van der Waals surface area contributed by atoms with Gasteiger partial charge in [-0.1, -0.05) is 27.2 Å². The van der Waals surface area contributed by atoms with Gasteiger partial charge in [0.1, 0.15) is 5.78 Å². The Hall–Kier alpha value is -0.860. The monoisotopic (exact) mass is 189 g/mol. The molecule has 3 nitrogen and oxygen atoms in total. The SMILES string of the molecule is CCC.CCC(C)=O.CN(C)C=O. The average molecular weight is 189 g/mol. The van der Waals surface area contributed by atoms with Crippen molar-refractivity contribution < 1.29 is 9.59 Å². The summed E-state index contributed by atoms with van der Waals surface area (Å²) in [6.45, 7) is 7.68. The summed E-state index contributed by atoms with van der Waals surface area (Å²) in [7, 11) is 3.38. The summed E-state index contributed by atoms with van der Waals surface area (Å²) in [6, 6.07) is 0. The molecule has 13 heavy (non-hydrogen) atoms. The second kappa shape index (κ2) is 17.3. The molecular weight excluding hydrogens is 166 g/mol. The number of rotatable bonds is 2. The van der Waals surface area contributed by atoms with Crippen LogP contribution in [0.4, 0.5) is 0 Å². The van der Waals surface area contributed by atoms with Gasteiger partial charge < -0.3 is 9.69 Å². The van der Waals surface area contributed by atoms with Crippen LogP contribution in [0.2, 0.25) is 0 Å². The van der Waals surface area contributed by atoms with Gasteiger partial charge in [0.15, 0.2) is 0 Å². The van der Waals surface area contributed by atoms with Crippen LogP contribution in [-0.2, 0) is 9.59 Å². The van der Waals surface area contributed by atoms with E-state index in [1.165, 1.54) is 11.3 Å². The quantitative estimate of drug-likeness (QED) is 0.624. The van der Waals surface area contributed by atoms with Gasteiger partial charge >= 0.3 is 0 Å². The van der Waals surface area contributed by atoms with Crippen molar-refractivity contribution in [1.29, 1.82) is 0 Å². The van der Waals surface area contributed by atoms with E-state index in [9.17, 15) is 9.59 Å². The minimum atomic E-state index is 0.255. The first-order valence-corrected chi connectivity index (χ1v) is 4.57. The fourth-order valence-electron chi connectivity index (χ4n) is 0. The predicted octanol–water partition coefficient (Wildman–Crippen LogP) is 2.11. The molecule has 0 N–H and O–H groups in total. The van der Waals surface area contributed by atoms with Gasteiger partial charge in [-0.3, -0.25) is 4.79 Å². The molecule has 0 aromatic carbocycles. The zero-order chi connectivity index (χ0) is 11.3. The van der Waals surface area contributed by atoms with Gasteiger partial charge in [-0.05, 0) is 6.92 Å². The Kier molecular flexibility index (Phi) is 24.0. The Morgan fingerprint density at radius 2 is 1.38 bits per heavy atom. The topological polar surface area (TPSA) is 37.4 Å². The lowest BCUT2D eigenvalue weighted by Crippen LogP contribution is -2.06. The molecular formula is C10H23NO2. The van der Waals surface area contributed by atoms with Crippen LogP contribution in [0.25, 0.3) is 0 Å². The lowest BCUT2D eigenvalue weighted by molar-refractivity contribution is -0.117. The van der Waals surface area contributed by atoms with E-state index in [0.29, 0.717) is 6.42 Å². The zero-order valence-electron chi connectivity index (χ0n) is 9.76. The van der Waals surface area contributed by atoms with E-state index in [1.807, 2.05) is 6.92 Å². The van der Waals surface area contributed by atoms with Crippen molar-refractivity contribution in [2.75, 3.05) is 14.1 Å². The van der Waals surface area contributed by atoms with Crippen LogP contribution >= 0.6 is 0 Å². The van der Waals surface area contributed by atoms with Gasteiger partial charge in [0.2, 0.25) is 6.41 Å². The van der Waals surface area contributed by atoms with Crippen LogP contribution < -0.4 is 0 Å². The lowest BCUT2D eigenvalue weighted by atomic mass is 10.4. The molecule has 0 heterocycles. The van der Waals surface area contributed by atoms with E-state index in [4.69, 9.17) is 0 Å². The Balaban J connectivity index is -0.000000120. The molecule has 0 aliphatic carbocycles. The maximum absolute atomic E-state index is 9.81. The van der Waals surface area contributed by atoms with Crippen molar-refractivity contribution in [3.05, 3.63) is 0 Å². The van der Waals surface area contributed by atoms with Crippen molar-refractivity contribution in [2.45, 2.75) is 40.5 Å². The number of nitrogens with zero attached hydrogens (tertiary/aromatic N) is 1. The molecule has 0 radical (unpaired) electrons. The zero-order valence-corrected chi connectivity index (χ0v) is 9.76. The summed E-state index contributed by atoms with van der Waals surface area (Å²) in [4.78, 5) is 20.7. The molecule has 0 aliphatic rings. The number of Topliss-reactive ketones (excluding diaryl/α,β-unsaturated/α-hetero) is 1. The van der Waals surface area contributed by atoms with E-state index >= 15 is 0 Å². The van der Waals surface area contributed by atoms with Crippen LogP contribution in [0.1, 0.15) is 40.5 Å². The van der Waals surface area contributed by atoms with E-state index in [0.717, 1.165) is 6.41 Å². The van der Waals surface area contributed by atoms with Crippen molar-refractivity contribution >= 4 is 12.2 Å². The van der Waals surface area contributed by atoms with E-state index < -0.39 is 0 Å². The van der Waals surface area contributed by atoms with Crippen molar-refractivity contribution in [2.24, 2.45) is 0 Å². The van der Waals surface area contributed by atoms with E-state index in [-0.39, 0.29) is 5.78 Å². The molecule has 0 aliphatic heterocycles. The highest BCUT2D eigenvalue weighted by Crippen LogP contribution is 1.71. The number of hydrogen-bond acceptors (Lipinski definition) is 2. The summed E-state index contributed by atoms with van der Waals surface area (Å²) in [5, 5.41) is 0. The first kappa shape index (κ1) is 18.0. The standard InChI is InChI=1S/C4H8O.C3H7NO.C3H8/c1-3-4(2)5;1-4(2)3-5;1-3-2/h3H2,1-2H3;3H,1-2H3;3H2,1-2H3. The molecule has 0 saturated heterocycles. The van der Waals surface area contributed by atoms with Crippen LogP contribution in [0, 0.1) is 0 Å². The van der Waals surface area contributed by atoms with Gasteiger partial charge in [-0.25, -0.2) is 0 Å². The highest BCUT2D eigenvalue weighted by molar-refractivity contribution is 5.74. The number of amides is 1. The fourth-order valence-corrected chi connectivity index (χ4v) is 0. The fraction of sp³-hybridized carbons (Fsp3) is 0.800. The second-order valence-corrected chi connectivity index (χ2v) is 2.83. The van der Waals surface area contributed by atoms with Gasteiger partial charge in [-0.15, -0.1) is 0 Å². The van der Waals surface area contributed by atoms with Gasteiger partial charge in [0, 0.05) is 20.5 Å². The summed E-state index contributed by atoms with van der Waals surface area (Å²) >= 11 is 0. The molecule has 0 aromatic rings. The van der Waals surface area contributed by atoms with Crippen LogP contribution in [0.15, 0.2) is 0 Å². The van der Waals surface area contributed by atoms with Crippen molar-refractivity contribution in [3.63, 3.8) is 0 Å². The van der Waals surface area contributed by atoms with Crippen molar-refractivity contribution in [3.8, 4) is 0 Å². The molecule has 3 heteroatoms. The van der Waals surface area contributed by atoms with Crippen LogP contribution in [0.3, 0.4) is 0 Å². The minimum absolute atomic E-state index is 0.255. The number of carbonyl (C=O) groups is 2. The molecule has 0 rings (SSSR count). The van der Waals surface area contributed by atoms with Crippen LogP contribution in [-0.4, -0.2) is 31.2 Å². The number of hydrogen-bond donors (Lipinski definition) is 0. The number of carbonyl (C=O) groups excluding carboxylic acids is 2. The lowest BCUT2D eigenvalue weighted by Gasteiger charge is -1.93. The summed E-state index contributed by atoms with van der Waals surface area (Å²) in [5.74, 6) is 0.255. The normalized spacial score (nSPS) is 6.92. The molecule has 1 amide bonds. The third kappa shape index (κ3) is 94.4. The maximum Gasteiger partial charge on any atom is 0.209 e. The molecule has 0 saturated carbocycles. The highest BCUT2D eigenvalue weighted by Gasteiger charge is 1.76. The summed E-state index contributed by atoms with van der Waals surface area (Å²) in [5.41, 5.74) is 0. The maximum atomic E-state index is 9.81. The van der Waals surface area contributed by atoms with Crippen molar-refractivity contribution in [1.82, 2.24) is 4.90 Å². The third-order valence-electron chi connectivity index (χ3n) is 0.709. The second-order valence-electron chi connectivity index (χ2n) is 2.83. The van der Waals surface area contributed by atoms with Gasteiger partial charge in [0.25, 0.3) is 0 Å². The Bertz CT molecular complexity index is 111. The Morgan fingerprint density at radius 1 is 1.23 bits per heavy atom. The highest BCUT2D eigenvalue weighted by atomic mass is 16.1. The first-order valence-electron chi connectivity index (χ1n) is 4.57. The average Bonchev–Trinajstić information content (AvgIpc) is 2.07. The third-order valence-corrected chi connectivity index (χ3v) is 0.709. The first-order chi connectivity index (χ1) is 5.95. The molecule has 0 atom stereocenters. The molecule has 0 bridgehead atoms. The molecule has 0 aromatic heterocycles. The van der Waals surface area contributed by atoms with E-state index in [2.05, 4.69) is 13.8 Å². The van der Waals surface area contributed by atoms with Crippen LogP contribution in [0.5, 0.6) is 0 Å². The Morgan fingerprint density at radius 3 is 1.38 bits per heavy atom. The van der Waals surface area contributed by atoms with Gasteiger partial charge in [-0.2, -0.15) is 0 Å². The Labute approximate surface area is 82.1 Å². The summed E-state index contributed by atoms with van der Waals surface area (Å²) < 4.78 is 0. The van der Waals surface area contributed by atoms with E-state index in [1.54, 1.807) is 21.0 Å². The molecule has 0 fully saturated rings. The summed E-state index contributed by atoms with van der Waals surface area (Å²) in [6.07, 6.45) is 2.67.